The minimum Gasteiger partial charge on any atom is -0.301 e. The van der Waals surface area contributed by atoms with Gasteiger partial charge in [0, 0.05) is 12.1 Å². The summed E-state index contributed by atoms with van der Waals surface area (Å²) in [5.41, 5.74) is 0. The van der Waals surface area contributed by atoms with E-state index in [2.05, 4.69) is 46.6 Å². The maximum Gasteiger partial charge on any atom is 0.00922 e. The summed E-state index contributed by atoms with van der Waals surface area (Å²) in [6, 6.07) is 1.38. The molecule has 0 N–H and O–H groups in total. The summed E-state index contributed by atoms with van der Waals surface area (Å²) in [7, 11) is 2.22. The van der Waals surface area contributed by atoms with Gasteiger partial charge in [-0.1, -0.05) is 20.3 Å². The van der Waals surface area contributed by atoms with Gasteiger partial charge in [0.25, 0.3) is 0 Å². The zero-order valence-corrected chi connectivity index (χ0v) is 9.59. The van der Waals surface area contributed by atoms with Crippen molar-refractivity contribution in [3.8, 4) is 0 Å². The Hall–Kier alpha value is -0.0400. The van der Waals surface area contributed by atoms with Gasteiger partial charge < -0.3 is 4.90 Å². The van der Waals surface area contributed by atoms with Crippen molar-refractivity contribution in [2.45, 2.75) is 59.5 Å². The van der Waals surface area contributed by atoms with Crippen LogP contribution in [0.25, 0.3) is 0 Å². The molecule has 0 spiro atoms. The maximum atomic E-state index is 2.46. The third-order valence-corrected chi connectivity index (χ3v) is 3.02. The second-order valence-electron chi connectivity index (χ2n) is 4.27. The fourth-order valence-electron chi connectivity index (χ4n) is 1.57. The Morgan fingerprint density at radius 3 is 1.92 bits per heavy atom. The fourth-order valence-corrected chi connectivity index (χ4v) is 1.57. The summed E-state index contributed by atoms with van der Waals surface area (Å²) >= 11 is 0. The van der Waals surface area contributed by atoms with Crippen LogP contribution in [0.15, 0.2) is 0 Å². The van der Waals surface area contributed by atoms with E-state index in [-0.39, 0.29) is 0 Å². The zero-order valence-electron chi connectivity index (χ0n) is 9.59. The molecule has 12 heavy (non-hydrogen) atoms. The molecule has 0 rings (SSSR count). The Labute approximate surface area is 78.1 Å². The maximum absolute atomic E-state index is 2.46. The van der Waals surface area contributed by atoms with Crippen LogP contribution in [0.1, 0.15) is 47.5 Å². The number of rotatable bonds is 5. The highest BCUT2D eigenvalue weighted by Gasteiger charge is 2.17. The highest BCUT2D eigenvalue weighted by Crippen LogP contribution is 2.16. The molecule has 0 aromatic heterocycles. The zero-order chi connectivity index (χ0) is 9.72. The van der Waals surface area contributed by atoms with Crippen molar-refractivity contribution in [3.63, 3.8) is 0 Å². The largest absolute Gasteiger partial charge is 0.301 e. The van der Waals surface area contributed by atoms with Gasteiger partial charge >= 0.3 is 0 Å². The van der Waals surface area contributed by atoms with Crippen LogP contribution < -0.4 is 0 Å². The topological polar surface area (TPSA) is 3.24 Å². The van der Waals surface area contributed by atoms with Crippen LogP contribution in [0, 0.1) is 5.92 Å². The molecule has 0 aliphatic heterocycles. The molecule has 2 unspecified atom stereocenters. The second-order valence-corrected chi connectivity index (χ2v) is 4.27. The number of nitrogens with zero attached hydrogens (tertiary/aromatic N) is 1. The van der Waals surface area contributed by atoms with E-state index in [1.54, 1.807) is 0 Å². The summed E-state index contributed by atoms with van der Waals surface area (Å²) < 4.78 is 0. The van der Waals surface area contributed by atoms with Crippen molar-refractivity contribution in [2.75, 3.05) is 7.05 Å². The molecule has 0 bridgehead atoms. The normalized spacial score (nSPS) is 17.0. The first-order chi connectivity index (χ1) is 5.50. The van der Waals surface area contributed by atoms with Crippen molar-refractivity contribution in [1.82, 2.24) is 4.90 Å². The fraction of sp³-hybridized carbons (Fsp3) is 1.00. The van der Waals surface area contributed by atoms with Crippen LogP contribution in [0.5, 0.6) is 0 Å². The first-order valence-corrected chi connectivity index (χ1v) is 5.22. The van der Waals surface area contributed by atoms with E-state index >= 15 is 0 Å². The Morgan fingerprint density at radius 1 is 1.08 bits per heavy atom. The predicted molar refractivity (Wildman–Crippen MR) is 56.4 cm³/mol. The molecule has 0 saturated carbocycles. The van der Waals surface area contributed by atoms with Gasteiger partial charge in [0.2, 0.25) is 0 Å². The third-order valence-electron chi connectivity index (χ3n) is 3.02. The van der Waals surface area contributed by atoms with Gasteiger partial charge in [-0.15, -0.1) is 0 Å². The summed E-state index contributed by atoms with van der Waals surface area (Å²) in [6.07, 6.45) is 2.65. The van der Waals surface area contributed by atoms with Crippen LogP contribution in [0.2, 0.25) is 0 Å². The molecule has 0 saturated heterocycles. The molecule has 0 aromatic carbocycles. The standard InChI is InChI=1S/C11H25N/c1-7-8-10(4)11(5)12(6)9(2)3/h9-11H,7-8H2,1-6H3. The first kappa shape index (κ1) is 12.0. The lowest BCUT2D eigenvalue weighted by atomic mass is 9.96. The van der Waals surface area contributed by atoms with Crippen molar-refractivity contribution < 1.29 is 0 Å². The molecule has 0 aliphatic carbocycles. The van der Waals surface area contributed by atoms with Crippen molar-refractivity contribution in [2.24, 2.45) is 5.92 Å². The minimum absolute atomic E-state index is 0.666. The summed E-state index contributed by atoms with van der Waals surface area (Å²) in [5, 5.41) is 0. The molecule has 0 radical (unpaired) electrons. The van der Waals surface area contributed by atoms with E-state index in [9.17, 15) is 0 Å². The van der Waals surface area contributed by atoms with E-state index < -0.39 is 0 Å². The lowest BCUT2D eigenvalue weighted by Crippen LogP contribution is -2.39. The van der Waals surface area contributed by atoms with E-state index in [1.807, 2.05) is 0 Å². The van der Waals surface area contributed by atoms with E-state index in [1.165, 1.54) is 12.8 Å². The first-order valence-electron chi connectivity index (χ1n) is 5.22. The van der Waals surface area contributed by atoms with Gasteiger partial charge in [0.1, 0.15) is 0 Å². The Balaban J connectivity index is 3.90. The van der Waals surface area contributed by atoms with Gasteiger partial charge in [-0.05, 0) is 40.2 Å². The van der Waals surface area contributed by atoms with Crippen molar-refractivity contribution in [1.29, 1.82) is 0 Å². The van der Waals surface area contributed by atoms with Crippen LogP contribution in [-0.2, 0) is 0 Å². The molecule has 2 atom stereocenters. The smallest absolute Gasteiger partial charge is 0.00922 e. The van der Waals surface area contributed by atoms with E-state index in [4.69, 9.17) is 0 Å². The van der Waals surface area contributed by atoms with Gasteiger partial charge in [0.15, 0.2) is 0 Å². The molecule has 0 amide bonds. The summed E-state index contributed by atoms with van der Waals surface area (Å²) in [4.78, 5) is 2.46. The summed E-state index contributed by atoms with van der Waals surface area (Å²) in [6.45, 7) is 11.5. The molecule has 0 heterocycles. The Bertz CT molecular complexity index is 110. The lowest BCUT2D eigenvalue weighted by Gasteiger charge is -2.32. The van der Waals surface area contributed by atoms with Crippen molar-refractivity contribution >= 4 is 0 Å². The molecule has 0 aromatic rings. The van der Waals surface area contributed by atoms with Gasteiger partial charge in [-0.3, -0.25) is 0 Å². The quantitative estimate of drug-likeness (QED) is 0.614. The van der Waals surface area contributed by atoms with Gasteiger partial charge in [0.05, 0.1) is 0 Å². The average molecular weight is 171 g/mol. The number of hydrogen-bond acceptors (Lipinski definition) is 1. The highest BCUT2D eigenvalue weighted by atomic mass is 15.1. The summed E-state index contributed by atoms with van der Waals surface area (Å²) in [5.74, 6) is 0.822. The predicted octanol–water partition coefficient (Wildman–Crippen LogP) is 3.15. The van der Waals surface area contributed by atoms with Crippen LogP contribution >= 0.6 is 0 Å². The van der Waals surface area contributed by atoms with Gasteiger partial charge in [-0.2, -0.15) is 0 Å². The third kappa shape index (κ3) is 3.57. The minimum atomic E-state index is 0.666. The molecular weight excluding hydrogens is 146 g/mol. The SMILES string of the molecule is CCCC(C)C(C)N(C)C(C)C. The molecule has 1 nitrogen and oxygen atoms in total. The average Bonchev–Trinajstić information content (AvgIpc) is 2.02. The Morgan fingerprint density at radius 2 is 1.58 bits per heavy atom. The van der Waals surface area contributed by atoms with Crippen LogP contribution in [0.4, 0.5) is 0 Å². The van der Waals surface area contributed by atoms with Crippen molar-refractivity contribution in [3.05, 3.63) is 0 Å². The lowest BCUT2D eigenvalue weighted by molar-refractivity contribution is 0.155. The highest BCUT2D eigenvalue weighted by molar-refractivity contribution is 4.72. The van der Waals surface area contributed by atoms with E-state index in [0.717, 1.165) is 5.92 Å². The monoisotopic (exact) mass is 171 g/mol. The molecule has 1 heteroatoms. The molecule has 0 fully saturated rings. The van der Waals surface area contributed by atoms with Crippen LogP contribution in [-0.4, -0.2) is 24.0 Å². The van der Waals surface area contributed by atoms with Gasteiger partial charge in [-0.25, -0.2) is 0 Å². The number of hydrogen-bond donors (Lipinski definition) is 0. The van der Waals surface area contributed by atoms with Crippen LogP contribution in [0.3, 0.4) is 0 Å². The molecular formula is C11H25N. The van der Waals surface area contributed by atoms with E-state index in [0.29, 0.717) is 12.1 Å². The molecule has 74 valence electrons. The Kier molecular flexibility index (Phi) is 5.56. The second kappa shape index (κ2) is 5.58. The molecule has 0 aliphatic rings.